The number of para-hydroxylation sites is 1. The number of fused-ring (bicyclic) bond motifs is 1. The summed E-state index contributed by atoms with van der Waals surface area (Å²) in [5, 5.41) is 8.51. The number of carbonyl (C=O) groups excluding carboxylic acids is 1. The number of hydrogen-bond acceptors (Lipinski definition) is 4. The standard InChI is InChI=1S/C15H17N5OS/c1-9-13(10(2)20(4)18-9)14(21)16-17-15-19(3)11-7-5-6-8-12(11)22-15/h5-8H,1-4H3,(H,16,21)/b17-15-. The molecule has 114 valence electrons. The Kier molecular flexibility index (Phi) is 3.58. The van der Waals surface area contributed by atoms with E-state index in [1.54, 1.807) is 4.68 Å². The van der Waals surface area contributed by atoms with Gasteiger partial charge >= 0.3 is 0 Å². The number of nitrogens with one attached hydrogen (secondary N) is 1. The Hall–Kier alpha value is -2.41. The van der Waals surface area contributed by atoms with Crippen LogP contribution in [0.15, 0.2) is 29.4 Å². The largest absolute Gasteiger partial charge is 0.318 e. The topological polar surface area (TPSA) is 64.2 Å². The van der Waals surface area contributed by atoms with E-state index in [2.05, 4.69) is 15.6 Å². The lowest BCUT2D eigenvalue weighted by molar-refractivity contribution is 0.0951. The summed E-state index contributed by atoms with van der Waals surface area (Å²) in [5.74, 6) is -0.236. The maximum Gasteiger partial charge on any atom is 0.275 e. The summed E-state index contributed by atoms with van der Waals surface area (Å²) in [4.78, 5) is 13.1. The van der Waals surface area contributed by atoms with Crippen LogP contribution in [0.4, 0.5) is 0 Å². The third kappa shape index (κ3) is 2.33. The van der Waals surface area contributed by atoms with E-state index >= 15 is 0 Å². The van der Waals surface area contributed by atoms with Crippen molar-refractivity contribution in [3.05, 3.63) is 46.0 Å². The van der Waals surface area contributed by atoms with E-state index in [0.29, 0.717) is 11.3 Å². The van der Waals surface area contributed by atoms with E-state index in [1.165, 1.54) is 11.3 Å². The Morgan fingerprint density at radius 1 is 1.27 bits per heavy atom. The summed E-state index contributed by atoms with van der Waals surface area (Å²) in [6.07, 6.45) is 0. The minimum absolute atomic E-state index is 0.236. The molecule has 0 aliphatic heterocycles. The van der Waals surface area contributed by atoms with Crippen LogP contribution in [-0.4, -0.2) is 20.3 Å². The summed E-state index contributed by atoms with van der Waals surface area (Å²) >= 11 is 1.54. The second-order valence-electron chi connectivity index (χ2n) is 5.13. The van der Waals surface area contributed by atoms with Gasteiger partial charge in [-0.15, -0.1) is 5.10 Å². The van der Waals surface area contributed by atoms with Crippen LogP contribution >= 0.6 is 11.3 Å². The van der Waals surface area contributed by atoms with Crippen LogP contribution in [-0.2, 0) is 14.1 Å². The number of thiazole rings is 1. The van der Waals surface area contributed by atoms with Crippen molar-refractivity contribution in [2.75, 3.05) is 0 Å². The Labute approximate surface area is 131 Å². The molecule has 6 nitrogen and oxygen atoms in total. The fraction of sp³-hybridized carbons (Fsp3) is 0.267. The number of aromatic nitrogens is 3. The lowest BCUT2D eigenvalue weighted by atomic mass is 10.2. The van der Waals surface area contributed by atoms with Gasteiger partial charge in [-0.3, -0.25) is 9.48 Å². The van der Waals surface area contributed by atoms with E-state index in [9.17, 15) is 4.79 Å². The lowest BCUT2D eigenvalue weighted by Gasteiger charge is -2.00. The number of amides is 1. The van der Waals surface area contributed by atoms with E-state index in [4.69, 9.17) is 0 Å². The van der Waals surface area contributed by atoms with Gasteiger partial charge in [0.05, 0.1) is 21.5 Å². The highest BCUT2D eigenvalue weighted by Crippen LogP contribution is 2.15. The first-order valence-corrected chi connectivity index (χ1v) is 7.69. The Morgan fingerprint density at radius 3 is 2.64 bits per heavy atom. The quantitative estimate of drug-likeness (QED) is 0.733. The normalized spacial score (nSPS) is 12.1. The first-order chi connectivity index (χ1) is 10.5. The van der Waals surface area contributed by atoms with Crippen LogP contribution in [0.1, 0.15) is 21.7 Å². The molecule has 7 heteroatoms. The summed E-state index contributed by atoms with van der Waals surface area (Å²) in [7, 11) is 3.76. The molecule has 0 atom stereocenters. The van der Waals surface area contributed by atoms with Crippen LogP contribution in [0.25, 0.3) is 10.2 Å². The molecular weight excluding hydrogens is 298 g/mol. The number of aryl methyl sites for hydroxylation is 3. The zero-order valence-electron chi connectivity index (χ0n) is 12.9. The zero-order chi connectivity index (χ0) is 15.9. The van der Waals surface area contributed by atoms with Crippen LogP contribution in [0.2, 0.25) is 0 Å². The van der Waals surface area contributed by atoms with Crippen molar-refractivity contribution >= 4 is 27.5 Å². The van der Waals surface area contributed by atoms with Crippen molar-refractivity contribution < 1.29 is 4.79 Å². The average Bonchev–Trinajstić information content (AvgIpc) is 2.94. The number of hydrogen-bond donors (Lipinski definition) is 1. The molecule has 0 aliphatic carbocycles. The van der Waals surface area contributed by atoms with E-state index in [1.807, 2.05) is 56.8 Å². The molecule has 0 saturated heterocycles. The molecule has 1 amide bonds. The number of nitrogens with zero attached hydrogens (tertiary/aromatic N) is 4. The molecule has 1 aromatic carbocycles. The van der Waals surface area contributed by atoms with Crippen molar-refractivity contribution in [3.63, 3.8) is 0 Å². The van der Waals surface area contributed by atoms with Crippen molar-refractivity contribution in [2.24, 2.45) is 19.2 Å². The smallest absolute Gasteiger partial charge is 0.275 e. The highest BCUT2D eigenvalue weighted by Gasteiger charge is 2.16. The van der Waals surface area contributed by atoms with Gasteiger partial charge in [0, 0.05) is 19.8 Å². The number of rotatable bonds is 2. The van der Waals surface area contributed by atoms with Crippen molar-refractivity contribution in [1.82, 2.24) is 19.8 Å². The summed E-state index contributed by atoms with van der Waals surface area (Å²) in [6, 6.07) is 8.04. The molecule has 0 aliphatic rings. The predicted molar refractivity (Wildman–Crippen MR) is 86.5 cm³/mol. The van der Waals surface area contributed by atoms with Crippen molar-refractivity contribution in [2.45, 2.75) is 13.8 Å². The monoisotopic (exact) mass is 315 g/mol. The maximum absolute atomic E-state index is 12.3. The van der Waals surface area contributed by atoms with Gasteiger partial charge in [0.2, 0.25) is 4.80 Å². The summed E-state index contributed by atoms with van der Waals surface area (Å²) < 4.78 is 4.79. The molecule has 0 unspecified atom stereocenters. The van der Waals surface area contributed by atoms with Crippen LogP contribution < -0.4 is 10.2 Å². The van der Waals surface area contributed by atoms with E-state index in [-0.39, 0.29) is 5.91 Å². The Balaban J connectivity index is 1.95. The molecule has 3 aromatic rings. The lowest BCUT2D eigenvalue weighted by Crippen LogP contribution is -2.24. The second kappa shape index (κ2) is 5.42. The minimum Gasteiger partial charge on any atom is -0.318 e. The highest BCUT2D eigenvalue weighted by molar-refractivity contribution is 7.16. The Bertz CT molecular complexity index is 931. The molecule has 0 saturated carbocycles. The molecule has 0 fully saturated rings. The fourth-order valence-electron chi connectivity index (χ4n) is 2.44. The van der Waals surface area contributed by atoms with Gasteiger partial charge in [0.15, 0.2) is 0 Å². The fourth-order valence-corrected chi connectivity index (χ4v) is 3.42. The first kappa shape index (κ1) is 14.5. The molecule has 22 heavy (non-hydrogen) atoms. The second-order valence-corrected chi connectivity index (χ2v) is 6.14. The highest BCUT2D eigenvalue weighted by atomic mass is 32.1. The summed E-state index contributed by atoms with van der Waals surface area (Å²) in [5.41, 5.74) is 5.83. The molecule has 0 spiro atoms. The molecular formula is C15H17N5OS. The summed E-state index contributed by atoms with van der Waals surface area (Å²) in [6.45, 7) is 3.69. The number of benzene rings is 1. The van der Waals surface area contributed by atoms with Gasteiger partial charge in [-0.05, 0) is 26.0 Å². The third-order valence-electron chi connectivity index (χ3n) is 3.70. The number of carbonyl (C=O) groups is 1. The minimum atomic E-state index is -0.236. The zero-order valence-corrected chi connectivity index (χ0v) is 13.7. The van der Waals surface area contributed by atoms with Gasteiger partial charge in [0.25, 0.3) is 5.91 Å². The predicted octanol–water partition coefficient (Wildman–Crippen LogP) is 1.84. The molecule has 3 rings (SSSR count). The van der Waals surface area contributed by atoms with E-state index in [0.717, 1.165) is 20.7 Å². The first-order valence-electron chi connectivity index (χ1n) is 6.88. The van der Waals surface area contributed by atoms with Gasteiger partial charge < -0.3 is 4.57 Å². The van der Waals surface area contributed by atoms with Crippen molar-refractivity contribution in [3.8, 4) is 0 Å². The van der Waals surface area contributed by atoms with Crippen LogP contribution in [0.3, 0.4) is 0 Å². The maximum atomic E-state index is 12.3. The van der Waals surface area contributed by atoms with Crippen LogP contribution in [0, 0.1) is 13.8 Å². The Morgan fingerprint density at radius 2 is 2.00 bits per heavy atom. The van der Waals surface area contributed by atoms with Crippen molar-refractivity contribution in [1.29, 1.82) is 0 Å². The molecule has 1 N–H and O–H groups in total. The third-order valence-corrected chi connectivity index (χ3v) is 4.82. The van der Waals surface area contributed by atoms with Gasteiger partial charge in [-0.2, -0.15) is 5.10 Å². The molecule has 0 bridgehead atoms. The molecule has 2 aromatic heterocycles. The van der Waals surface area contributed by atoms with E-state index < -0.39 is 0 Å². The molecule has 0 radical (unpaired) electrons. The SMILES string of the molecule is Cc1nn(C)c(C)c1C(=O)N/N=c1\sc2ccccc2n1C. The molecule has 2 heterocycles. The average molecular weight is 315 g/mol. The van der Waals surface area contributed by atoms with Gasteiger partial charge in [-0.25, -0.2) is 5.43 Å². The van der Waals surface area contributed by atoms with Gasteiger partial charge in [0.1, 0.15) is 0 Å². The van der Waals surface area contributed by atoms with Crippen LogP contribution in [0.5, 0.6) is 0 Å². The van der Waals surface area contributed by atoms with Gasteiger partial charge in [-0.1, -0.05) is 23.5 Å².